The van der Waals surface area contributed by atoms with Gasteiger partial charge in [-0.05, 0) is 12.8 Å². The van der Waals surface area contributed by atoms with E-state index >= 15 is 0 Å². The van der Waals surface area contributed by atoms with Crippen LogP contribution in [0.4, 0.5) is 0 Å². The Kier molecular flexibility index (Phi) is 30.0. The molecule has 1 radical (unpaired) electrons. The Balaban J connectivity index is -0.000000372. The summed E-state index contributed by atoms with van der Waals surface area (Å²) in [6.45, 7) is 4.40. The number of aliphatic carboxylic acids is 2. The minimum absolute atomic E-state index is 0. The van der Waals surface area contributed by atoms with Gasteiger partial charge in [0.25, 0.3) is 0 Å². The van der Waals surface area contributed by atoms with E-state index in [9.17, 15) is 9.59 Å². The third kappa shape index (κ3) is 35.4. The maximum atomic E-state index is 10.1. The van der Waals surface area contributed by atoms with E-state index in [1.54, 1.807) is 0 Å². The molecule has 5 heteroatoms. The molecule has 25 heavy (non-hydrogen) atoms. The molecule has 153 valence electrons. The van der Waals surface area contributed by atoms with Crippen LogP contribution >= 0.6 is 0 Å². The molecule has 0 fully saturated rings. The molecular weight excluding hydrogens is 363 g/mol. The first-order valence-corrected chi connectivity index (χ1v) is 9.98. The van der Waals surface area contributed by atoms with E-state index in [1.165, 1.54) is 64.2 Å². The summed E-state index contributed by atoms with van der Waals surface area (Å²) in [5.41, 5.74) is 0. The minimum atomic E-state index is -0.663. The zero-order chi connectivity index (χ0) is 18.5. The van der Waals surface area contributed by atoms with E-state index in [0.717, 1.165) is 25.7 Å². The quantitative estimate of drug-likeness (QED) is 0.292. The van der Waals surface area contributed by atoms with Crippen LogP contribution in [0.3, 0.4) is 0 Å². The zero-order valence-corrected chi connectivity index (χ0v) is 17.4. The van der Waals surface area contributed by atoms with Crippen molar-refractivity contribution in [2.45, 2.75) is 117 Å². The first-order chi connectivity index (χ1) is 11.5. The SMILES string of the molecule is CCCCCCCCCC(=O)O.CCCCCCCCCC(=O)O.[Co]. The van der Waals surface area contributed by atoms with E-state index in [1.807, 2.05) is 0 Å². The van der Waals surface area contributed by atoms with Crippen molar-refractivity contribution in [3.05, 3.63) is 0 Å². The Hall–Kier alpha value is -0.554. The Bertz CT molecular complexity index is 255. The number of carboxylic acid groups (broad SMARTS) is 2. The molecule has 0 bridgehead atoms. The maximum absolute atomic E-state index is 10.1. The predicted molar refractivity (Wildman–Crippen MR) is 100 cm³/mol. The number of unbranched alkanes of at least 4 members (excludes halogenated alkanes) is 12. The van der Waals surface area contributed by atoms with Crippen molar-refractivity contribution >= 4 is 11.9 Å². The molecule has 0 aromatic rings. The summed E-state index contributed by atoms with van der Waals surface area (Å²) in [5.74, 6) is -1.33. The van der Waals surface area contributed by atoms with Gasteiger partial charge >= 0.3 is 11.9 Å². The fourth-order valence-corrected chi connectivity index (χ4v) is 2.47. The summed E-state index contributed by atoms with van der Waals surface area (Å²) < 4.78 is 0. The topological polar surface area (TPSA) is 74.6 Å². The van der Waals surface area contributed by atoms with Gasteiger partial charge < -0.3 is 10.2 Å². The summed E-state index contributed by atoms with van der Waals surface area (Å²) in [6, 6.07) is 0. The Morgan fingerprint density at radius 1 is 0.520 bits per heavy atom. The number of carboxylic acids is 2. The average Bonchev–Trinajstić information content (AvgIpc) is 2.53. The van der Waals surface area contributed by atoms with Crippen LogP contribution in [0.25, 0.3) is 0 Å². The average molecular weight is 403 g/mol. The second-order valence-electron chi connectivity index (χ2n) is 6.53. The second-order valence-corrected chi connectivity index (χ2v) is 6.53. The molecule has 0 aliphatic carbocycles. The fraction of sp³-hybridized carbons (Fsp3) is 0.900. The van der Waals surface area contributed by atoms with Crippen molar-refractivity contribution in [1.82, 2.24) is 0 Å². The largest absolute Gasteiger partial charge is 0.481 e. The van der Waals surface area contributed by atoms with Gasteiger partial charge in [0.1, 0.15) is 0 Å². The molecule has 0 aromatic heterocycles. The molecule has 2 N–H and O–H groups in total. The van der Waals surface area contributed by atoms with E-state index in [4.69, 9.17) is 10.2 Å². The van der Waals surface area contributed by atoms with Gasteiger partial charge in [-0.25, -0.2) is 0 Å². The number of hydrogen-bond acceptors (Lipinski definition) is 2. The maximum Gasteiger partial charge on any atom is 0.303 e. The molecule has 0 amide bonds. The van der Waals surface area contributed by atoms with Gasteiger partial charge in [0.15, 0.2) is 0 Å². The molecule has 0 saturated carbocycles. The second kappa shape index (κ2) is 25.7. The molecule has 0 spiro atoms. The van der Waals surface area contributed by atoms with E-state index < -0.39 is 11.9 Å². The summed E-state index contributed by atoms with van der Waals surface area (Å²) in [5, 5.41) is 16.7. The van der Waals surface area contributed by atoms with Crippen LogP contribution in [0, 0.1) is 0 Å². The molecular formula is C20H40CoO4. The van der Waals surface area contributed by atoms with Crippen molar-refractivity contribution in [2.24, 2.45) is 0 Å². The summed E-state index contributed by atoms with van der Waals surface area (Å²) in [4.78, 5) is 20.3. The fourth-order valence-electron chi connectivity index (χ4n) is 2.47. The standard InChI is InChI=1S/2C10H20O2.Co/c2*1-2-3-4-5-6-7-8-9-10(11)12;/h2*2-9H2,1H3,(H,11,12);. The number of carbonyl (C=O) groups is 2. The van der Waals surface area contributed by atoms with Crippen molar-refractivity contribution in [3.8, 4) is 0 Å². The number of rotatable bonds is 16. The van der Waals surface area contributed by atoms with Crippen LogP contribution in [-0.2, 0) is 26.4 Å². The molecule has 0 aromatic carbocycles. The van der Waals surface area contributed by atoms with Gasteiger partial charge in [-0.15, -0.1) is 0 Å². The van der Waals surface area contributed by atoms with Crippen LogP contribution < -0.4 is 0 Å². The molecule has 0 atom stereocenters. The molecule has 0 aliphatic heterocycles. The van der Waals surface area contributed by atoms with Crippen LogP contribution in [0.2, 0.25) is 0 Å². The van der Waals surface area contributed by atoms with Gasteiger partial charge in [0.2, 0.25) is 0 Å². The third-order valence-electron chi connectivity index (χ3n) is 3.99. The van der Waals surface area contributed by atoms with E-state index in [2.05, 4.69) is 13.8 Å². The van der Waals surface area contributed by atoms with E-state index in [0.29, 0.717) is 12.8 Å². The summed E-state index contributed by atoms with van der Waals surface area (Å²) in [7, 11) is 0. The van der Waals surface area contributed by atoms with Gasteiger partial charge in [0, 0.05) is 29.6 Å². The van der Waals surface area contributed by atoms with Crippen molar-refractivity contribution in [2.75, 3.05) is 0 Å². The van der Waals surface area contributed by atoms with Crippen molar-refractivity contribution < 1.29 is 36.6 Å². The molecule has 4 nitrogen and oxygen atoms in total. The third-order valence-corrected chi connectivity index (χ3v) is 3.99. The number of hydrogen-bond donors (Lipinski definition) is 2. The van der Waals surface area contributed by atoms with Gasteiger partial charge in [-0.1, -0.05) is 90.9 Å². The van der Waals surface area contributed by atoms with Crippen molar-refractivity contribution in [1.29, 1.82) is 0 Å². The molecule has 0 aliphatic rings. The smallest absolute Gasteiger partial charge is 0.303 e. The molecule has 0 saturated heterocycles. The zero-order valence-electron chi connectivity index (χ0n) is 16.4. The van der Waals surface area contributed by atoms with Gasteiger partial charge in [0.05, 0.1) is 0 Å². The van der Waals surface area contributed by atoms with Crippen LogP contribution in [0.15, 0.2) is 0 Å². The minimum Gasteiger partial charge on any atom is -0.481 e. The van der Waals surface area contributed by atoms with Crippen LogP contribution in [0.5, 0.6) is 0 Å². The molecule has 0 unspecified atom stereocenters. The van der Waals surface area contributed by atoms with Gasteiger partial charge in [-0.3, -0.25) is 9.59 Å². The van der Waals surface area contributed by atoms with E-state index in [-0.39, 0.29) is 16.8 Å². The summed E-state index contributed by atoms with van der Waals surface area (Å²) in [6.07, 6.45) is 17.3. The van der Waals surface area contributed by atoms with Crippen LogP contribution in [-0.4, -0.2) is 22.2 Å². The van der Waals surface area contributed by atoms with Gasteiger partial charge in [-0.2, -0.15) is 0 Å². The first kappa shape index (κ1) is 29.2. The first-order valence-electron chi connectivity index (χ1n) is 9.98. The Labute approximate surface area is 165 Å². The predicted octanol–water partition coefficient (Wildman–Crippen LogP) is 6.42. The monoisotopic (exact) mass is 403 g/mol. The van der Waals surface area contributed by atoms with Crippen molar-refractivity contribution in [3.63, 3.8) is 0 Å². The molecule has 0 rings (SSSR count). The Morgan fingerprint density at radius 2 is 0.760 bits per heavy atom. The van der Waals surface area contributed by atoms with Crippen LogP contribution in [0.1, 0.15) is 117 Å². The normalized spacial score (nSPS) is 9.68. The molecule has 0 heterocycles. The summed E-state index contributed by atoms with van der Waals surface area (Å²) >= 11 is 0. The Morgan fingerprint density at radius 3 is 1.00 bits per heavy atom.